The Morgan fingerprint density at radius 1 is 0.971 bits per heavy atom. The number of carbonyl (C=O) groups is 2. The second-order valence-corrected chi connectivity index (χ2v) is 11.6. The summed E-state index contributed by atoms with van der Waals surface area (Å²) in [6.07, 6.45) is 0.214. The summed E-state index contributed by atoms with van der Waals surface area (Å²) in [6.45, 7) is 8.26. The van der Waals surface area contributed by atoms with Crippen LogP contribution in [0.5, 0.6) is 0 Å². The molecule has 7 nitrogen and oxygen atoms in total. The molecule has 2 aromatic carbocycles. The van der Waals surface area contributed by atoms with Crippen LogP contribution in [0.25, 0.3) is 0 Å². The van der Waals surface area contributed by atoms with E-state index < -0.39 is 10.0 Å². The number of carbonyl (C=O) groups excluding carboxylic acids is 2. The van der Waals surface area contributed by atoms with Gasteiger partial charge in [-0.25, -0.2) is 8.42 Å². The summed E-state index contributed by atoms with van der Waals surface area (Å²) in [7, 11) is -3.59. The van der Waals surface area contributed by atoms with Crippen LogP contribution in [0, 0.1) is 12.8 Å². The fourth-order valence-corrected chi connectivity index (χ4v) is 6.01. The molecule has 0 aromatic heterocycles. The van der Waals surface area contributed by atoms with Gasteiger partial charge in [0.25, 0.3) is 0 Å². The zero-order valence-corrected chi connectivity index (χ0v) is 20.9. The van der Waals surface area contributed by atoms with Crippen LogP contribution < -0.4 is 0 Å². The number of likely N-dealkylation sites (tertiary alicyclic amines) is 1. The molecule has 0 unspecified atom stereocenters. The highest BCUT2D eigenvalue weighted by atomic mass is 32.2. The lowest BCUT2D eigenvalue weighted by atomic mass is 10.0. The van der Waals surface area contributed by atoms with Gasteiger partial charge in [0.05, 0.1) is 10.8 Å². The molecule has 0 aliphatic carbocycles. The standard InChI is InChI=1S/C26H33N3O4S/c1-19(2)22-8-10-24(11-9-22)34(32,33)29-14-12-27(13-15-29)26(31)23-16-25(30)28(18-23)17-21-6-4-20(3)5-7-21/h4-11,19,23H,12-18H2,1-3H3/t23-/m1/s1. The minimum absolute atomic E-state index is 0.00927. The van der Waals surface area contributed by atoms with Crippen molar-refractivity contribution in [1.29, 1.82) is 0 Å². The van der Waals surface area contributed by atoms with Crippen molar-refractivity contribution in [3.05, 3.63) is 65.2 Å². The Morgan fingerprint density at radius 3 is 2.18 bits per heavy atom. The summed E-state index contributed by atoms with van der Waals surface area (Å²) in [4.78, 5) is 29.3. The smallest absolute Gasteiger partial charge is 0.243 e. The lowest BCUT2D eigenvalue weighted by Crippen LogP contribution is -2.52. The second-order valence-electron chi connectivity index (χ2n) is 9.61. The number of piperazine rings is 1. The maximum Gasteiger partial charge on any atom is 0.243 e. The Labute approximate surface area is 202 Å². The van der Waals surface area contributed by atoms with Crippen molar-refractivity contribution in [3.63, 3.8) is 0 Å². The molecule has 2 fully saturated rings. The summed E-state index contributed by atoms with van der Waals surface area (Å²) < 4.78 is 27.6. The third-order valence-electron chi connectivity index (χ3n) is 6.79. The van der Waals surface area contributed by atoms with Crippen LogP contribution in [0.3, 0.4) is 0 Å². The molecule has 2 aliphatic heterocycles. The molecule has 2 heterocycles. The number of sulfonamides is 1. The largest absolute Gasteiger partial charge is 0.340 e. The van der Waals surface area contributed by atoms with Crippen LogP contribution in [-0.2, 0) is 26.2 Å². The number of benzene rings is 2. The highest BCUT2D eigenvalue weighted by Gasteiger charge is 2.38. The molecule has 34 heavy (non-hydrogen) atoms. The first-order chi connectivity index (χ1) is 16.1. The van der Waals surface area contributed by atoms with Crippen molar-refractivity contribution in [3.8, 4) is 0 Å². The molecule has 0 radical (unpaired) electrons. The van der Waals surface area contributed by atoms with E-state index in [4.69, 9.17) is 0 Å². The number of aryl methyl sites for hydroxylation is 1. The quantitative estimate of drug-likeness (QED) is 0.633. The van der Waals surface area contributed by atoms with E-state index in [0.717, 1.165) is 11.1 Å². The fraction of sp³-hybridized carbons (Fsp3) is 0.462. The van der Waals surface area contributed by atoms with E-state index in [9.17, 15) is 18.0 Å². The molecular formula is C26H33N3O4S. The van der Waals surface area contributed by atoms with Gasteiger partial charge in [-0.3, -0.25) is 9.59 Å². The van der Waals surface area contributed by atoms with Gasteiger partial charge in [0.15, 0.2) is 0 Å². The van der Waals surface area contributed by atoms with Crippen molar-refractivity contribution in [1.82, 2.24) is 14.1 Å². The third-order valence-corrected chi connectivity index (χ3v) is 8.71. The average molecular weight is 484 g/mol. The van der Waals surface area contributed by atoms with Crippen LogP contribution in [0.4, 0.5) is 0 Å². The van der Waals surface area contributed by atoms with Crippen LogP contribution in [0.1, 0.15) is 42.9 Å². The van der Waals surface area contributed by atoms with Gasteiger partial charge < -0.3 is 9.80 Å². The van der Waals surface area contributed by atoms with E-state index in [-0.39, 0.29) is 42.1 Å². The van der Waals surface area contributed by atoms with Crippen LogP contribution >= 0.6 is 0 Å². The molecule has 2 aromatic rings. The molecule has 2 aliphatic rings. The zero-order chi connectivity index (χ0) is 24.5. The third kappa shape index (κ3) is 5.18. The monoisotopic (exact) mass is 483 g/mol. The minimum Gasteiger partial charge on any atom is -0.340 e. The van der Waals surface area contributed by atoms with Gasteiger partial charge >= 0.3 is 0 Å². The number of amides is 2. The van der Waals surface area contributed by atoms with E-state index in [1.807, 2.05) is 43.3 Å². The average Bonchev–Trinajstić information content (AvgIpc) is 3.20. The molecule has 0 saturated carbocycles. The molecule has 2 saturated heterocycles. The predicted molar refractivity (Wildman–Crippen MR) is 131 cm³/mol. The summed E-state index contributed by atoms with van der Waals surface area (Å²) in [6, 6.07) is 15.1. The number of hydrogen-bond donors (Lipinski definition) is 0. The molecule has 0 spiro atoms. The maximum atomic E-state index is 13.1. The Morgan fingerprint density at radius 2 is 1.59 bits per heavy atom. The molecule has 4 rings (SSSR count). The van der Waals surface area contributed by atoms with Gasteiger partial charge in [0.2, 0.25) is 21.8 Å². The van der Waals surface area contributed by atoms with Crippen molar-refractivity contribution in [2.45, 2.75) is 44.6 Å². The van der Waals surface area contributed by atoms with Crippen LogP contribution in [0.15, 0.2) is 53.4 Å². The second kappa shape index (κ2) is 9.88. The van der Waals surface area contributed by atoms with E-state index in [0.29, 0.717) is 32.1 Å². The molecule has 1 atom stereocenters. The van der Waals surface area contributed by atoms with Gasteiger partial charge in [-0.05, 0) is 36.1 Å². The fourth-order valence-electron chi connectivity index (χ4n) is 4.59. The first kappa shape index (κ1) is 24.4. The van der Waals surface area contributed by atoms with E-state index in [2.05, 4.69) is 13.8 Å². The first-order valence-electron chi connectivity index (χ1n) is 11.9. The molecule has 2 amide bonds. The molecular weight excluding hydrogens is 450 g/mol. The van der Waals surface area contributed by atoms with Crippen molar-refractivity contribution in [2.75, 3.05) is 32.7 Å². The molecule has 182 valence electrons. The summed E-state index contributed by atoms with van der Waals surface area (Å²) in [5, 5.41) is 0. The molecule has 0 bridgehead atoms. The Bertz CT molecular complexity index is 1140. The number of hydrogen-bond acceptors (Lipinski definition) is 4. The lowest BCUT2D eigenvalue weighted by Gasteiger charge is -2.35. The Hall–Kier alpha value is -2.71. The minimum atomic E-state index is -3.59. The Balaban J connectivity index is 1.33. The van der Waals surface area contributed by atoms with Crippen molar-refractivity contribution < 1.29 is 18.0 Å². The summed E-state index contributed by atoms with van der Waals surface area (Å²) in [5.41, 5.74) is 3.31. The molecule has 8 heteroatoms. The number of nitrogens with zero attached hydrogens (tertiary/aromatic N) is 3. The van der Waals surface area contributed by atoms with Crippen molar-refractivity contribution >= 4 is 21.8 Å². The van der Waals surface area contributed by atoms with Crippen LogP contribution in [0.2, 0.25) is 0 Å². The molecule has 0 N–H and O–H groups in total. The summed E-state index contributed by atoms with van der Waals surface area (Å²) >= 11 is 0. The van der Waals surface area contributed by atoms with Gasteiger partial charge in [-0.2, -0.15) is 4.31 Å². The van der Waals surface area contributed by atoms with Gasteiger partial charge in [0.1, 0.15) is 0 Å². The topological polar surface area (TPSA) is 78.0 Å². The van der Waals surface area contributed by atoms with Crippen LogP contribution in [-0.4, -0.2) is 67.1 Å². The SMILES string of the molecule is Cc1ccc(CN2C[C@H](C(=O)N3CCN(S(=O)(=O)c4ccc(C(C)C)cc4)CC3)CC2=O)cc1. The van der Waals surface area contributed by atoms with Gasteiger partial charge in [-0.1, -0.05) is 55.8 Å². The predicted octanol–water partition coefficient (Wildman–Crippen LogP) is 3.00. The normalized spacial score (nSPS) is 19.8. The van der Waals surface area contributed by atoms with E-state index in [1.165, 1.54) is 9.87 Å². The highest BCUT2D eigenvalue weighted by molar-refractivity contribution is 7.89. The Kier molecular flexibility index (Phi) is 7.09. The highest BCUT2D eigenvalue weighted by Crippen LogP contribution is 2.25. The van der Waals surface area contributed by atoms with E-state index in [1.54, 1.807) is 21.9 Å². The lowest BCUT2D eigenvalue weighted by molar-refractivity contribution is -0.137. The van der Waals surface area contributed by atoms with Gasteiger partial charge in [0, 0.05) is 45.7 Å². The summed E-state index contributed by atoms with van der Waals surface area (Å²) in [5.74, 6) is -0.102. The zero-order valence-electron chi connectivity index (χ0n) is 20.1. The maximum absolute atomic E-state index is 13.1. The van der Waals surface area contributed by atoms with E-state index >= 15 is 0 Å². The van der Waals surface area contributed by atoms with Gasteiger partial charge in [-0.15, -0.1) is 0 Å². The first-order valence-corrected chi connectivity index (χ1v) is 13.3. The number of rotatable bonds is 6. The van der Waals surface area contributed by atoms with Crippen molar-refractivity contribution in [2.24, 2.45) is 5.92 Å².